The summed E-state index contributed by atoms with van der Waals surface area (Å²) in [5.41, 5.74) is 3.64. The van der Waals surface area contributed by atoms with Crippen LogP contribution in [0.3, 0.4) is 0 Å². The largest absolute Gasteiger partial charge is 0.489 e. The van der Waals surface area contributed by atoms with Crippen molar-refractivity contribution in [1.29, 1.82) is 0 Å². The molecule has 7 heteroatoms. The minimum Gasteiger partial charge on any atom is -0.489 e. The summed E-state index contributed by atoms with van der Waals surface area (Å²) in [7, 11) is -3.67. The first-order chi connectivity index (χ1) is 16.4. The Bertz CT molecular complexity index is 1220. The lowest BCUT2D eigenvalue weighted by Crippen LogP contribution is -2.41. The quantitative estimate of drug-likeness (QED) is 0.443. The number of carbonyl (C=O) groups excluding carboxylic acids is 1. The third-order valence-corrected chi connectivity index (χ3v) is 6.86. The van der Waals surface area contributed by atoms with E-state index in [0.29, 0.717) is 18.0 Å². The number of hydrogen-bond acceptors (Lipinski definition) is 4. The monoisotopic (exact) mass is 494 g/mol. The first kappa shape index (κ1) is 26.3. The molecule has 0 aliphatic heterocycles. The average Bonchev–Trinajstić information content (AvgIpc) is 2.81. The molecule has 0 aromatic heterocycles. The van der Waals surface area contributed by atoms with Crippen molar-refractivity contribution in [2.75, 3.05) is 17.1 Å². The number of ether oxygens (including phenoxy) is 1. The van der Waals surface area contributed by atoms with Crippen molar-refractivity contribution >= 4 is 21.6 Å². The highest BCUT2D eigenvalue weighted by atomic mass is 32.2. The molecule has 0 spiro atoms. The zero-order valence-electron chi connectivity index (χ0n) is 21.0. The van der Waals surface area contributed by atoms with Gasteiger partial charge in [0.05, 0.1) is 18.0 Å². The van der Waals surface area contributed by atoms with Crippen LogP contribution in [-0.4, -0.2) is 27.1 Å². The van der Waals surface area contributed by atoms with E-state index in [1.165, 1.54) is 5.56 Å². The smallest absolute Gasteiger partial charge is 0.241 e. The number of nitrogens with one attached hydrogen (secondary N) is 1. The summed E-state index contributed by atoms with van der Waals surface area (Å²) < 4.78 is 31.8. The van der Waals surface area contributed by atoms with Gasteiger partial charge in [0.15, 0.2) is 0 Å². The van der Waals surface area contributed by atoms with E-state index in [-0.39, 0.29) is 23.9 Å². The molecule has 1 amide bonds. The van der Waals surface area contributed by atoms with E-state index in [4.69, 9.17) is 4.74 Å². The van der Waals surface area contributed by atoms with Gasteiger partial charge in [0, 0.05) is 0 Å². The van der Waals surface area contributed by atoms with Gasteiger partial charge in [-0.3, -0.25) is 9.10 Å². The Morgan fingerprint density at radius 1 is 0.943 bits per heavy atom. The van der Waals surface area contributed by atoms with Gasteiger partial charge >= 0.3 is 0 Å². The van der Waals surface area contributed by atoms with Gasteiger partial charge in [0.1, 0.15) is 18.9 Å². The minimum atomic E-state index is -3.67. The summed E-state index contributed by atoms with van der Waals surface area (Å²) >= 11 is 0. The first-order valence-corrected chi connectivity index (χ1v) is 13.4. The van der Waals surface area contributed by atoms with Crippen molar-refractivity contribution in [2.24, 2.45) is 0 Å². The zero-order chi connectivity index (χ0) is 25.6. The standard InChI is InChI=1S/C28H34N2O4S/c1-21(23-11-13-24(14-12-23)28(2,3)4)29-27(31)19-30(35(5,32)33)25-15-17-26(18-16-25)34-20-22-9-7-6-8-10-22/h6-18,21H,19-20H2,1-5H3,(H,29,31)/t21-/m0/s1. The molecule has 1 N–H and O–H groups in total. The van der Waals surface area contributed by atoms with E-state index in [0.717, 1.165) is 21.7 Å². The zero-order valence-corrected chi connectivity index (χ0v) is 21.8. The van der Waals surface area contributed by atoms with Crippen molar-refractivity contribution < 1.29 is 17.9 Å². The van der Waals surface area contributed by atoms with Crippen LogP contribution >= 0.6 is 0 Å². The van der Waals surface area contributed by atoms with Gasteiger partial charge in [-0.1, -0.05) is 75.4 Å². The molecule has 0 heterocycles. The lowest BCUT2D eigenvalue weighted by Gasteiger charge is -2.24. The molecule has 0 bridgehead atoms. The molecule has 6 nitrogen and oxygen atoms in total. The molecule has 0 unspecified atom stereocenters. The van der Waals surface area contributed by atoms with Gasteiger partial charge in [0.2, 0.25) is 15.9 Å². The number of benzene rings is 3. The Morgan fingerprint density at radius 3 is 2.09 bits per heavy atom. The van der Waals surface area contributed by atoms with Gasteiger partial charge in [-0.05, 0) is 53.3 Å². The summed E-state index contributed by atoms with van der Waals surface area (Å²) in [4.78, 5) is 12.8. The Morgan fingerprint density at radius 2 is 1.54 bits per heavy atom. The highest BCUT2D eigenvalue weighted by molar-refractivity contribution is 7.92. The Kier molecular flexibility index (Phi) is 8.22. The van der Waals surface area contributed by atoms with Crippen LogP contribution < -0.4 is 14.4 Å². The molecular weight excluding hydrogens is 460 g/mol. The van der Waals surface area contributed by atoms with Crippen LogP contribution in [0.1, 0.15) is 50.4 Å². The van der Waals surface area contributed by atoms with E-state index >= 15 is 0 Å². The number of hydrogen-bond donors (Lipinski definition) is 1. The summed E-state index contributed by atoms with van der Waals surface area (Å²) in [6.45, 7) is 8.42. The molecule has 0 aliphatic carbocycles. The molecule has 0 saturated carbocycles. The molecule has 1 atom stereocenters. The maximum absolute atomic E-state index is 12.8. The Labute approximate surface area is 209 Å². The molecule has 0 radical (unpaired) electrons. The fourth-order valence-corrected chi connectivity index (χ4v) is 4.48. The maximum atomic E-state index is 12.8. The normalized spacial score (nSPS) is 12.6. The van der Waals surface area contributed by atoms with Gasteiger partial charge in [-0.15, -0.1) is 0 Å². The number of sulfonamides is 1. The predicted molar refractivity (Wildman–Crippen MR) is 141 cm³/mol. The van der Waals surface area contributed by atoms with Gasteiger partial charge in [-0.2, -0.15) is 0 Å². The van der Waals surface area contributed by atoms with E-state index in [1.807, 2.05) is 49.4 Å². The topological polar surface area (TPSA) is 75.7 Å². The lowest BCUT2D eigenvalue weighted by molar-refractivity contribution is -0.120. The Hall–Kier alpha value is -3.32. The SMILES string of the molecule is C[C@H](NC(=O)CN(c1ccc(OCc2ccccc2)cc1)S(C)(=O)=O)c1ccc(C(C)(C)C)cc1. The van der Waals surface area contributed by atoms with Crippen LogP contribution in [0.15, 0.2) is 78.9 Å². The third kappa shape index (κ3) is 7.59. The number of amides is 1. The number of rotatable bonds is 9. The molecular formula is C28H34N2O4S. The number of anilines is 1. The van der Waals surface area contributed by atoms with Gasteiger partial charge in [0.25, 0.3) is 0 Å². The molecule has 3 aromatic rings. The number of carbonyl (C=O) groups is 1. The second kappa shape index (κ2) is 11.0. The molecule has 0 saturated heterocycles. The van der Waals surface area contributed by atoms with Crippen LogP contribution in [0, 0.1) is 0 Å². The van der Waals surface area contributed by atoms with Crippen LogP contribution in [0.5, 0.6) is 5.75 Å². The van der Waals surface area contributed by atoms with Crippen molar-refractivity contribution in [2.45, 2.75) is 45.8 Å². The van der Waals surface area contributed by atoms with E-state index in [2.05, 4.69) is 38.2 Å². The summed E-state index contributed by atoms with van der Waals surface area (Å²) in [6, 6.07) is 24.3. The number of nitrogens with zero attached hydrogens (tertiary/aromatic N) is 1. The summed E-state index contributed by atoms with van der Waals surface area (Å²) in [6.07, 6.45) is 1.09. The summed E-state index contributed by atoms with van der Waals surface area (Å²) in [5, 5.41) is 2.91. The first-order valence-electron chi connectivity index (χ1n) is 11.6. The van der Waals surface area contributed by atoms with E-state index < -0.39 is 10.0 Å². The van der Waals surface area contributed by atoms with Gasteiger partial charge in [-0.25, -0.2) is 8.42 Å². The average molecular weight is 495 g/mol. The highest BCUT2D eigenvalue weighted by Gasteiger charge is 2.22. The van der Waals surface area contributed by atoms with Crippen LogP contribution in [0.25, 0.3) is 0 Å². The third-order valence-electron chi connectivity index (χ3n) is 5.71. The molecule has 186 valence electrons. The van der Waals surface area contributed by atoms with Crippen molar-refractivity contribution in [3.63, 3.8) is 0 Å². The molecule has 35 heavy (non-hydrogen) atoms. The second-order valence-corrected chi connectivity index (χ2v) is 11.6. The van der Waals surface area contributed by atoms with Crippen LogP contribution in [0.2, 0.25) is 0 Å². The fourth-order valence-electron chi connectivity index (χ4n) is 3.62. The van der Waals surface area contributed by atoms with Crippen LogP contribution in [0.4, 0.5) is 5.69 Å². The van der Waals surface area contributed by atoms with Crippen molar-refractivity contribution in [1.82, 2.24) is 5.32 Å². The minimum absolute atomic E-state index is 0.0448. The highest BCUT2D eigenvalue weighted by Crippen LogP contribution is 2.25. The molecule has 3 aromatic carbocycles. The van der Waals surface area contributed by atoms with Crippen molar-refractivity contribution in [3.8, 4) is 5.75 Å². The van der Waals surface area contributed by atoms with Crippen LogP contribution in [-0.2, 0) is 26.8 Å². The van der Waals surface area contributed by atoms with Gasteiger partial charge < -0.3 is 10.1 Å². The maximum Gasteiger partial charge on any atom is 0.241 e. The second-order valence-electron chi connectivity index (χ2n) is 9.70. The Balaban J connectivity index is 1.64. The van der Waals surface area contributed by atoms with E-state index in [1.54, 1.807) is 24.3 Å². The molecule has 0 aliphatic rings. The van der Waals surface area contributed by atoms with E-state index in [9.17, 15) is 13.2 Å². The van der Waals surface area contributed by atoms with Crippen molar-refractivity contribution in [3.05, 3.63) is 95.6 Å². The fraction of sp³-hybridized carbons (Fsp3) is 0.321. The molecule has 3 rings (SSSR count). The summed E-state index contributed by atoms with van der Waals surface area (Å²) in [5.74, 6) is 0.232. The molecule has 0 fully saturated rings. The predicted octanol–water partition coefficient (Wildman–Crippen LogP) is 5.21. The lowest BCUT2D eigenvalue weighted by atomic mass is 9.86.